The predicted molar refractivity (Wildman–Crippen MR) is 74.2 cm³/mol. The van der Waals surface area contributed by atoms with Crippen LogP contribution in [0.15, 0.2) is 18.2 Å². The molecule has 0 saturated carbocycles. The van der Waals surface area contributed by atoms with Crippen LogP contribution in [0.1, 0.15) is 48.5 Å². The van der Waals surface area contributed by atoms with Crippen LogP contribution in [0.3, 0.4) is 0 Å². The molecule has 0 aliphatic heterocycles. The van der Waals surface area contributed by atoms with E-state index in [9.17, 15) is 14.9 Å². The molecule has 18 heavy (non-hydrogen) atoms. The summed E-state index contributed by atoms with van der Waals surface area (Å²) in [5.41, 5.74) is 0.713. The van der Waals surface area contributed by atoms with E-state index in [2.05, 4.69) is 22.9 Å². The molecule has 98 valence electrons. The van der Waals surface area contributed by atoms with E-state index in [4.69, 9.17) is 0 Å². The summed E-state index contributed by atoms with van der Waals surface area (Å²) in [7, 11) is 0. The molecule has 1 rings (SSSR count). The highest BCUT2D eigenvalue weighted by Gasteiger charge is 2.22. The van der Waals surface area contributed by atoms with Crippen LogP contribution < -0.4 is 0 Å². The van der Waals surface area contributed by atoms with Crippen molar-refractivity contribution in [1.82, 2.24) is 0 Å². The first kappa shape index (κ1) is 14.8. The second-order valence-electron chi connectivity index (χ2n) is 4.15. The third-order valence-electron chi connectivity index (χ3n) is 2.81. The zero-order valence-corrected chi connectivity index (χ0v) is 11.9. The predicted octanol–water partition coefficient (Wildman–Crippen LogP) is 4.25. The Labute approximate surface area is 115 Å². The van der Waals surface area contributed by atoms with Gasteiger partial charge in [-0.1, -0.05) is 38.3 Å². The van der Waals surface area contributed by atoms with Crippen molar-refractivity contribution in [3.63, 3.8) is 0 Å². The SMILES string of the molecule is CCCCCCc1cccc(C(=O)Br)c1[N+](=O)[O-]. The maximum absolute atomic E-state index is 11.3. The van der Waals surface area contributed by atoms with E-state index in [1.165, 1.54) is 6.07 Å². The average molecular weight is 314 g/mol. The van der Waals surface area contributed by atoms with E-state index in [0.717, 1.165) is 25.7 Å². The molecule has 0 N–H and O–H groups in total. The van der Waals surface area contributed by atoms with Crippen molar-refractivity contribution in [3.8, 4) is 0 Å². The molecule has 0 aromatic heterocycles. The van der Waals surface area contributed by atoms with E-state index in [1.807, 2.05) is 0 Å². The summed E-state index contributed by atoms with van der Waals surface area (Å²) < 4.78 is -0.440. The number of aryl methyl sites for hydroxylation is 1. The number of para-hydroxylation sites is 1. The lowest BCUT2D eigenvalue weighted by atomic mass is 10.0. The molecular formula is C13H16BrNO3. The fourth-order valence-corrected chi connectivity index (χ4v) is 2.23. The topological polar surface area (TPSA) is 60.2 Å². The van der Waals surface area contributed by atoms with Gasteiger partial charge in [-0.2, -0.15) is 0 Å². The number of hydrogen-bond acceptors (Lipinski definition) is 3. The highest BCUT2D eigenvalue weighted by atomic mass is 79.9. The van der Waals surface area contributed by atoms with Gasteiger partial charge in [-0.15, -0.1) is 0 Å². The summed E-state index contributed by atoms with van der Waals surface area (Å²) in [6, 6.07) is 4.89. The molecule has 5 heteroatoms. The number of carbonyl (C=O) groups excluding carboxylic acids is 1. The van der Waals surface area contributed by atoms with Crippen molar-refractivity contribution in [2.75, 3.05) is 0 Å². The third-order valence-corrected chi connectivity index (χ3v) is 3.24. The van der Waals surface area contributed by atoms with E-state index >= 15 is 0 Å². The number of rotatable bonds is 7. The number of benzene rings is 1. The summed E-state index contributed by atoms with van der Waals surface area (Å²) in [4.78, 5) is 21.9. The number of nitro benzene ring substituents is 1. The number of halogens is 1. The summed E-state index contributed by atoms with van der Waals surface area (Å²) in [5.74, 6) is 0. The number of hydrogen-bond donors (Lipinski definition) is 0. The van der Waals surface area contributed by atoms with Gasteiger partial charge >= 0.3 is 0 Å². The lowest BCUT2D eigenvalue weighted by Crippen LogP contribution is -2.02. The molecule has 0 aliphatic rings. The summed E-state index contributed by atoms with van der Waals surface area (Å²) in [6.07, 6.45) is 4.87. The third kappa shape index (κ3) is 3.91. The Bertz CT molecular complexity index is 446. The molecule has 1 aromatic rings. The van der Waals surface area contributed by atoms with Crippen LogP contribution >= 0.6 is 15.9 Å². The van der Waals surface area contributed by atoms with Gasteiger partial charge in [-0.05, 0) is 34.8 Å². The molecule has 0 atom stereocenters. The number of nitro groups is 1. The van der Waals surface area contributed by atoms with E-state index in [1.54, 1.807) is 12.1 Å². The molecule has 0 heterocycles. The number of carbonyl (C=O) groups is 1. The zero-order valence-electron chi connectivity index (χ0n) is 10.3. The first-order valence-electron chi connectivity index (χ1n) is 6.04. The van der Waals surface area contributed by atoms with E-state index < -0.39 is 9.62 Å². The maximum Gasteiger partial charge on any atom is 0.284 e. The molecule has 0 radical (unpaired) electrons. The van der Waals surface area contributed by atoms with Crippen LogP contribution in [0, 0.1) is 10.1 Å². The first-order chi connectivity index (χ1) is 8.57. The molecule has 0 amide bonds. The van der Waals surface area contributed by atoms with Gasteiger partial charge in [0.1, 0.15) is 5.56 Å². The maximum atomic E-state index is 11.3. The second kappa shape index (κ2) is 7.26. The Morgan fingerprint density at radius 2 is 2.06 bits per heavy atom. The molecule has 1 aromatic carbocycles. The van der Waals surface area contributed by atoms with Crippen LogP contribution in [0.5, 0.6) is 0 Å². The fraction of sp³-hybridized carbons (Fsp3) is 0.462. The Kier molecular flexibility index (Phi) is 5.98. The molecule has 4 nitrogen and oxygen atoms in total. The summed E-state index contributed by atoms with van der Waals surface area (Å²) >= 11 is 2.79. The molecule has 0 fully saturated rings. The zero-order chi connectivity index (χ0) is 13.5. The van der Waals surface area contributed by atoms with Gasteiger partial charge in [0.05, 0.1) is 4.92 Å². The minimum atomic E-state index is -0.469. The van der Waals surface area contributed by atoms with Crippen LogP contribution in [0.4, 0.5) is 5.69 Å². The van der Waals surface area contributed by atoms with E-state index in [0.29, 0.717) is 12.0 Å². The lowest BCUT2D eigenvalue weighted by molar-refractivity contribution is -0.385. The number of unbranched alkanes of at least 4 members (excludes halogenated alkanes) is 3. The van der Waals surface area contributed by atoms with Crippen LogP contribution in [-0.4, -0.2) is 9.62 Å². The standard InChI is InChI=1S/C13H16BrNO3/c1-2-3-4-5-7-10-8-6-9-11(13(14)16)12(10)15(17)18/h6,8-9H,2-5,7H2,1H3. The first-order valence-corrected chi connectivity index (χ1v) is 6.83. The Balaban J connectivity index is 2.93. The van der Waals surface area contributed by atoms with Crippen molar-refractivity contribution in [1.29, 1.82) is 0 Å². The second-order valence-corrected chi connectivity index (χ2v) is 4.88. The summed E-state index contributed by atoms with van der Waals surface area (Å²) in [5, 5.41) is 11.1. The normalized spacial score (nSPS) is 10.3. The largest absolute Gasteiger partial charge is 0.284 e. The highest BCUT2D eigenvalue weighted by molar-refractivity contribution is 9.18. The van der Waals surface area contributed by atoms with Crippen LogP contribution in [0.2, 0.25) is 0 Å². The Hall–Kier alpha value is -1.23. The smallest absolute Gasteiger partial charge is 0.281 e. The molecule has 0 spiro atoms. The fourth-order valence-electron chi connectivity index (χ4n) is 1.91. The van der Waals surface area contributed by atoms with Gasteiger partial charge in [-0.3, -0.25) is 14.9 Å². The van der Waals surface area contributed by atoms with Crippen molar-refractivity contribution in [3.05, 3.63) is 39.4 Å². The van der Waals surface area contributed by atoms with Crippen LogP contribution in [0.25, 0.3) is 0 Å². The van der Waals surface area contributed by atoms with Crippen molar-refractivity contribution in [2.45, 2.75) is 39.0 Å². The summed E-state index contributed by atoms with van der Waals surface area (Å²) in [6.45, 7) is 2.12. The van der Waals surface area contributed by atoms with Gasteiger partial charge in [0.2, 0.25) is 4.69 Å². The molecular weight excluding hydrogens is 298 g/mol. The van der Waals surface area contributed by atoms with Gasteiger partial charge in [0.15, 0.2) is 0 Å². The number of nitrogens with zero attached hydrogens (tertiary/aromatic N) is 1. The van der Waals surface area contributed by atoms with Crippen molar-refractivity contribution < 1.29 is 9.72 Å². The quantitative estimate of drug-likeness (QED) is 0.327. The lowest BCUT2D eigenvalue weighted by Gasteiger charge is -2.05. The van der Waals surface area contributed by atoms with Gasteiger partial charge in [-0.25, -0.2) is 0 Å². The van der Waals surface area contributed by atoms with Gasteiger partial charge in [0.25, 0.3) is 5.69 Å². The highest BCUT2D eigenvalue weighted by Crippen LogP contribution is 2.27. The van der Waals surface area contributed by atoms with Crippen molar-refractivity contribution >= 4 is 26.3 Å². The van der Waals surface area contributed by atoms with Gasteiger partial charge in [0, 0.05) is 5.56 Å². The van der Waals surface area contributed by atoms with Crippen molar-refractivity contribution in [2.24, 2.45) is 0 Å². The van der Waals surface area contributed by atoms with Gasteiger partial charge < -0.3 is 0 Å². The molecule has 0 saturated heterocycles. The molecule has 0 bridgehead atoms. The minimum Gasteiger partial charge on any atom is -0.281 e. The molecule has 0 aliphatic carbocycles. The minimum absolute atomic E-state index is 0.0594. The monoisotopic (exact) mass is 313 g/mol. The van der Waals surface area contributed by atoms with E-state index in [-0.39, 0.29) is 11.3 Å². The molecule has 0 unspecified atom stereocenters. The Morgan fingerprint density at radius 3 is 2.61 bits per heavy atom. The van der Waals surface area contributed by atoms with Crippen LogP contribution in [-0.2, 0) is 6.42 Å². The Morgan fingerprint density at radius 1 is 1.33 bits per heavy atom. The average Bonchev–Trinajstić information content (AvgIpc) is 2.33.